The molecule has 0 aliphatic heterocycles. The van der Waals surface area contributed by atoms with Gasteiger partial charge in [0.05, 0.1) is 17.8 Å². The van der Waals surface area contributed by atoms with Gasteiger partial charge in [-0.2, -0.15) is 4.80 Å². The Bertz CT molecular complexity index is 821. The topological polar surface area (TPSA) is 64.3 Å². The minimum absolute atomic E-state index is 0.545. The van der Waals surface area contributed by atoms with Crippen molar-refractivity contribution in [3.63, 3.8) is 0 Å². The summed E-state index contributed by atoms with van der Waals surface area (Å²) in [6, 6.07) is 6.17. The van der Waals surface area contributed by atoms with Crippen LogP contribution in [0.3, 0.4) is 0 Å². The van der Waals surface area contributed by atoms with Gasteiger partial charge >= 0.3 is 0 Å². The number of hydrogen-bond acceptors (Lipinski definition) is 4. The van der Waals surface area contributed by atoms with Crippen LogP contribution < -0.4 is 0 Å². The van der Waals surface area contributed by atoms with Gasteiger partial charge in [0, 0.05) is 6.20 Å². The maximum atomic E-state index is 5.57. The summed E-state index contributed by atoms with van der Waals surface area (Å²) in [6.07, 6.45) is 1.82. The zero-order chi connectivity index (χ0) is 15.0. The molecule has 0 amide bonds. The van der Waals surface area contributed by atoms with Gasteiger partial charge in [-0.15, -0.1) is 10.2 Å². The van der Waals surface area contributed by atoms with Crippen molar-refractivity contribution < 1.29 is 0 Å². The number of nitrogens with one attached hydrogen (secondary N) is 1. The monoisotopic (exact) mass is 300 g/mol. The Kier molecular flexibility index (Phi) is 3.42. The summed E-state index contributed by atoms with van der Waals surface area (Å²) in [4.78, 5) is 1.54. The van der Waals surface area contributed by atoms with E-state index in [9.17, 15) is 0 Å². The highest BCUT2D eigenvalue weighted by atomic mass is 32.1. The Morgan fingerprint density at radius 1 is 1.24 bits per heavy atom. The predicted octanol–water partition coefficient (Wildman–Crippen LogP) is 2.83. The van der Waals surface area contributed by atoms with Crippen LogP contribution >= 0.6 is 12.2 Å². The molecule has 0 aliphatic rings. The van der Waals surface area contributed by atoms with Crippen LogP contribution in [0, 0.1) is 18.5 Å². The highest BCUT2D eigenvalue weighted by molar-refractivity contribution is 7.71. The normalized spacial score (nSPS) is 11.0. The number of rotatable bonds is 3. The smallest absolute Gasteiger partial charge is 0.209 e. The quantitative estimate of drug-likeness (QED) is 0.755. The lowest BCUT2D eigenvalue weighted by molar-refractivity contribution is 0.553. The lowest BCUT2D eigenvalue weighted by Gasteiger charge is -2.10. The van der Waals surface area contributed by atoms with Gasteiger partial charge in [0.25, 0.3) is 0 Å². The molecular formula is C14H16N6S. The van der Waals surface area contributed by atoms with Crippen LogP contribution in [0.25, 0.3) is 17.1 Å². The summed E-state index contributed by atoms with van der Waals surface area (Å²) < 4.78 is 2.55. The van der Waals surface area contributed by atoms with Crippen LogP contribution in [0.4, 0.5) is 0 Å². The Labute approximate surface area is 127 Å². The van der Waals surface area contributed by atoms with Gasteiger partial charge in [-0.05, 0) is 37.1 Å². The second-order valence-corrected chi connectivity index (χ2v) is 5.26. The maximum Gasteiger partial charge on any atom is 0.209 e. The minimum atomic E-state index is 0.545. The molecular weight excluding hydrogens is 284 g/mol. The molecule has 0 atom stereocenters. The zero-order valence-corrected chi connectivity index (χ0v) is 13.0. The summed E-state index contributed by atoms with van der Waals surface area (Å²) in [5, 5.41) is 15.5. The predicted molar refractivity (Wildman–Crippen MR) is 82.9 cm³/mol. The number of benzene rings is 1. The fourth-order valence-electron chi connectivity index (χ4n) is 2.34. The Morgan fingerprint density at radius 2 is 1.95 bits per heavy atom. The van der Waals surface area contributed by atoms with E-state index >= 15 is 0 Å². The zero-order valence-electron chi connectivity index (χ0n) is 12.2. The van der Waals surface area contributed by atoms with Crippen molar-refractivity contribution >= 4 is 12.2 Å². The molecule has 1 N–H and O–H groups in total. The highest BCUT2D eigenvalue weighted by Crippen LogP contribution is 2.22. The first-order valence-corrected chi connectivity index (χ1v) is 7.18. The lowest BCUT2D eigenvalue weighted by atomic mass is 10.1. The Balaban J connectivity index is 2.14. The number of para-hydroxylation sites is 1. The highest BCUT2D eigenvalue weighted by Gasteiger charge is 2.14. The first-order valence-electron chi connectivity index (χ1n) is 6.77. The van der Waals surface area contributed by atoms with Crippen molar-refractivity contribution in [2.45, 2.75) is 27.3 Å². The number of hydrogen-bond donors (Lipinski definition) is 1. The first kappa shape index (κ1) is 13.7. The van der Waals surface area contributed by atoms with E-state index in [0.29, 0.717) is 17.0 Å². The number of aromatic amines is 1. The van der Waals surface area contributed by atoms with Crippen LogP contribution in [-0.2, 0) is 6.54 Å². The van der Waals surface area contributed by atoms with Gasteiger partial charge in [0.15, 0.2) is 0 Å². The summed E-state index contributed by atoms with van der Waals surface area (Å²) >= 11 is 5.57. The summed E-state index contributed by atoms with van der Waals surface area (Å²) in [6.45, 7) is 6.78. The van der Waals surface area contributed by atoms with E-state index in [1.165, 1.54) is 0 Å². The van der Waals surface area contributed by atoms with Crippen molar-refractivity contribution in [3.8, 4) is 17.1 Å². The fraction of sp³-hybridized carbons (Fsp3) is 0.286. The third kappa shape index (κ3) is 2.29. The molecule has 3 aromatic rings. The molecule has 0 aliphatic carbocycles. The lowest BCUT2D eigenvalue weighted by Crippen LogP contribution is -2.01. The summed E-state index contributed by atoms with van der Waals surface area (Å²) in [7, 11) is 0. The van der Waals surface area contributed by atoms with Crippen molar-refractivity contribution in [1.82, 2.24) is 30.0 Å². The number of tetrazole rings is 1. The molecule has 21 heavy (non-hydrogen) atoms. The van der Waals surface area contributed by atoms with E-state index in [1.807, 2.05) is 23.9 Å². The average molecular weight is 300 g/mol. The molecule has 7 heteroatoms. The fourth-order valence-corrected chi connectivity index (χ4v) is 2.63. The van der Waals surface area contributed by atoms with E-state index in [0.717, 1.165) is 22.4 Å². The van der Waals surface area contributed by atoms with Crippen LogP contribution in [0.15, 0.2) is 24.4 Å². The number of aromatic nitrogens is 6. The van der Waals surface area contributed by atoms with Gasteiger partial charge < -0.3 is 0 Å². The second kappa shape index (κ2) is 5.25. The van der Waals surface area contributed by atoms with Gasteiger partial charge in [0.2, 0.25) is 5.82 Å². The second-order valence-electron chi connectivity index (χ2n) is 4.87. The molecule has 0 radical (unpaired) electrons. The van der Waals surface area contributed by atoms with Crippen LogP contribution in [0.1, 0.15) is 18.1 Å². The summed E-state index contributed by atoms with van der Waals surface area (Å²) in [5.74, 6) is 0.545. The van der Waals surface area contributed by atoms with Crippen molar-refractivity contribution in [3.05, 3.63) is 40.2 Å². The van der Waals surface area contributed by atoms with Crippen molar-refractivity contribution in [1.29, 1.82) is 0 Å². The number of aryl methyl sites for hydroxylation is 3. The molecule has 0 saturated heterocycles. The van der Waals surface area contributed by atoms with E-state index in [4.69, 9.17) is 12.2 Å². The van der Waals surface area contributed by atoms with E-state index < -0.39 is 0 Å². The SMILES string of the molecule is CCn1nnc(-c2c[nH]n(-c3c(C)cccc3C)c2=S)n1. The van der Waals surface area contributed by atoms with Crippen LogP contribution in [0.5, 0.6) is 0 Å². The van der Waals surface area contributed by atoms with Gasteiger partial charge in [0.1, 0.15) is 4.64 Å². The van der Waals surface area contributed by atoms with Gasteiger partial charge in [-0.3, -0.25) is 5.10 Å². The van der Waals surface area contributed by atoms with Crippen molar-refractivity contribution in [2.75, 3.05) is 0 Å². The van der Waals surface area contributed by atoms with Gasteiger partial charge in [-0.1, -0.05) is 30.4 Å². The largest absolute Gasteiger partial charge is 0.299 e. The van der Waals surface area contributed by atoms with Crippen LogP contribution in [0.2, 0.25) is 0 Å². The standard InChI is InChI=1S/C14H16N6S/c1-4-19-17-13(16-18-19)11-8-15-20(14(11)21)12-9(2)6-5-7-10(12)3/h5-8,15H,4H2,1-3H3. The number of H-pyrrole nitrogens is 1. The number of nitrogens with zero attached hydrogens (tertiary/aromatic N) is 5. The molecule has 0 spiro atoms. The molecule has 0 bridgehead atoms. The van der Waals surface area contributed by atoms with Gasteiger partial charge in [-0.25, -0.2) is 4.68 Å². The maximum absolute atomic E-state index is 5.57. The molecule has 2 aromatic heterocycles. The Hall–Kier alpha value is -2.28. The van der Waals surface area contributed by atoms with E-state index in [-0.39, 0.29) is 0 Å². The third-order valence-electron chi connectivity index (χ3n) is 3.41. The molecule has 3 rings (SSSR count). The molecule has 0 fully saturated rings. The third-order valence-corrected chi connectivity index (χ3v) is 3.81. The molecule has 0 saturated carbocycles. The van der Waals surface area contributed by atoms with Crippen LogP contribution in [-0.4, -0.2) is 30.0 Å². The Morgan fingerprint density at radius 3 is 2.57 bits per heavy atom. The molecule has 108 valence electrons. The molecule has 1 aromatic carbocycles. The van der Waals surface area contributed by atoms with E-state index in [1.54, 1.807) is 4.80 Å². The van der Waals surface area contributed by atoms with E-state index in [2.05, 4.69) is 46.5 Å². The minimum Gasteiger partial charge on any atom is -0.299 e. The molecule has 6 nitrogen and oxygen atoms in total. The average Bonchev–Trinajstić information content (AvgIpc) is 3.06. The molecule has 0 unspecified atom stereocenters. The molecule has 2 heterocycles. The first-order chi connectivity index (χ1) is 10.1. The summed E-state index contributed by atoms with van der Waals surface area (Å²) in [5.41, 5.74) is 4.17. The van der Waals surface area contributed by atoms with Crippen molar-refractivity contribution in [2.24, 2.45) is 0 Å².